The zero-order valence-corrected chi connectivity index (χ0v) is 15.9. The van der Waals surface area contributed by atoms with E-state index in [0.29, 0.717) is 24.6 Å². The topological polar surface area (TPSA) is 92.5 Å². The fourth-order valence-electron chi connectivity index (χ4n) is 2.90. The minimum atomic E-state index is -3.66. The van der Waals surface area contributed by atoms with E-state index in [0.717, 1.165) is 12.0 Å². The zero-order chi connectivity index (χ0) is 17.2. The van der Waals surface area contributed by atoms with Gasteiger partial charge in [-0.25, -0.2) is 13.1 Å². The van der Waals surface area contributed by atoms with Gasteiger partial charge in [-0.15, -0.1) is 12.4 Å². The summed E-state index contributed by atoms with van der Waals surface area (Å²) in [6.45, 7) is 6.39. The maximum Gasteiger partial charge on any atom is 0.240 e. The highest BCUT2D eigenvalue weighted by molar-refractivity contribution is 7.89. The lowest BCUT2D eigenvalue weighted by molar-refractivity contribution is -0.116. The number of hydrogen-bond acceptors (Lipinski definition) is 4. The van der Waals surface area contributed by atoms with Gasteiger partial charge in [0.05, 0.1) is 4.90 Å². The summed E-state index contributed by atoms with van der Waals surface area (Å²) in [6.07, 6.45) is 1.43. The number of anilines is 1. The lowest BCUT2D eigenvalue weighted by atomic mass is 10.1. The molecule has 0 saturated heterocycles. The molecule has 6 nitrogen and oxygen atoms in total. The normalized spacial score (nSPS) is 15.1. The van der Waals surface area contributed by atoms with Crippen LogP contribution in [0.15, 0.2) is 23.1 Å². The van der Waals surface area contributed by atoms with E-state index in [2.05, 4.69) is 4.72 Å². The highest BCUT2D eigenvalue weighted by atomic mass is 35.5. The number of carbonyl (C=O) groups excluding carboxylic acids is 1. The minimum Gasteiger partial charge on any atom is -0.329 e. The number of carbonyl (C=O) groups is 1. The van der Waals surface area contributed by atoms with E-state index >= 15 is 0 Å². The van der Waals surface area contributed by atoms with Crippen molar-refractivity contribution < 1.29 is 13.2 Å². The Morgan fingerprint density at radius 2 is 2.04 bits per heavy atom. The number of hydrogen-bond donors (Lipinski definition) is 2. The lowest BCUT2D eigenvalue weighted by Gasteiger charge is -2.20. The maximum atomic E-state index is 12.6. The highest BCUT2D eigenvalue weighted by Gasteiger charge is 2.26. The first-order chi connectivity index (χ1) is 10.7. The van der Waals surface area contributed by atoms with Crippen LogP contribution in [0, 0.1) is 5.92 Å². The molecule has 2 rings (SSSR count). The van der Waals surface area contributed by atoms with E-state index in [9.17, 15) is 13.2 Å². The third-order valence-corrected chi connectivity index (χ3v) is 5.52. The number of nitrogens with two attached hydrogens (primary N) is 1. The minimum absolute atomic E-state index is 0. The first-order valence-corrected chi connectivity index (χ1v) is 9.36. The summed E-state index contributed by atoms with van der Waals surface area (Å²) in [5.41, 5.74) is 7.36. The van der Waals surface area contributed by atoms with Crippen LogP contribution in [-0.4, -0.2) is 33.5 Å². The van der Waals surface area contributed by atoms with Crippen LogP contribution in [0.3, 0.4) is 0 Å². The molecular formula is C16H26ClN3O3S. The summed E-state index contributed by atoms with van der Waals surface area (Å²) >= 11 is 0. The molecule has 0 bridgehead atoms. The molecule has 1 aromatic carbocycles. The van der Waals surface area contributed by atoms with Crippen LogP contribution in [0.2, 0.25) is 0 Å². The van der Waals surface area contributed by atoms with Crippen LogP contribution in [0.1, 0.15) is 32.8 Å². The van der Waals surface area contributed by atoms with Crippen LogP contribution in [0.25, 0.3) is 0 Å². The molecule has 0 aliphatic carbocycles. The van der Waals surface area contributed by atoms with E-state index in [1.54, 1.807) is 23.1 Å². The summed E-state index contributed by atoms with van der Waals surface area (Å²) in [6, 6.07) is 4.66. The fourth-order valence-corrected chi connectivity index (χ4v) is 4.18. The molecule has 0 radical (unpaired) electrons. The molecule has 1 aromatic rings. The van der Waals surface area contributed by atoms with E-state index in [1.165, 1.54) is 6.92 Å². The van der Waals surface area contributed by atoms with Crippen LogP contribution >= 0.6 is 12.4 Å². The molecule has 0 saturated carbocycles. The SMILES string of the molecule is CC(=O)N1CCc2ccc(S(=O)(=O)NC(CN)CC(C)C)cc21.Cl. The van der Waals surface area contributed by atoms with Crippen molar-refractivity contribution >= 4 is 34.0 Å². The van der Waals surface area contributed by atoms with Crippen molar-refractivity contribution in [1.29, 1.82) is 0 Å². The molecule has 1 amide bonds. The molecule has 0 aromatic heterocycles. The third-order valence-electron chi connectivity index (χ3n) is 4.00. The third kappa shape index (κ3) is 4.69. The van der Waals surface area contributed by atoms with Gasteiger partial charge in [-0.1, -0.05) is 19.9 Å². The van der Waals surface area contributed by atoms with E-state index < -0.39 is 10.0 Å². The Bertz CT molecular complexity index is 692. The van der Waals surface area contributed by atoms with Crippen LogP contribution in [0.5, 0.6) is 0 Å². The van der Waals surface area contributed by atoms with Gasteiger partial charge in [0.25, 0.3) is 0 Å². The van der Waals surface area contributed by atoms with E-state index in [1.807, 2.05) is 13.8 Å². The molecular weight excluding hydrogens is 350 g/mol. The standard InChI is InChI=1S/C16H25N3O3S.ClH/c1-11(2)8-14(10-17)18-23(21,22)15-5-4-13-6-7-19(12(3)20)16(13)9-15;/h4-5,9,11,14,18H,6-8,10,17H2,1-3H3;1H. The summed E-state index contributed by atoms with van der Waals surface area (Å²) in [5, 5.41) is 0. The Balaban J connectivity index is 0.00000288. The van der Waals surface area contributed by atoms with Gasteiger partial charge in [0, 0.05) is 31.7 Å². The molecule has 1 aliphatic heterocycles. The van der Waals surface area contributed by atoms with Crippen molar-refractivity contribution in [2.75, 3.05) is 18.0 Å². The summed E-state index contributed by atoms with van der Waals surface area (Å²) in [7, 11) is -3.66. The van der Waals surface area contributed by atoms with Crippen molar-refractivity contribution in [2.24, 2.45) is 11.7 Å². The number of fused-ring (bicyclic) bond motifs is 1. The molecule has 1 heterocycles. The van der Waals surface area contributed by atoms with Gasteiger partial charge in [-0.05, 0) is 36.5 Å². The molecule has 1 aliphatic rings. The number of rotatable bonds is 6. The maximum absolute atomic E-state index is 12.6. The van der Waals surface area contributed by atoms with E-state index in [4.69, 9.17) is 5.73 Å². The number of halogens is 1. The largest absolute Gasteiger partial charge is 0.329 e. The van der Waals surface area contributed by atoms with Crippen molar-refractivity contribution in [3.05, 3.63) is 23.8 Å². The average Bonchev–Trinajstić information content (AvgIpc) is 2.88. The average molecular weight is 376 g/mol. The Morgan fingerprint density at radius 1 is 1.38 bits per heavy atom. The van der Waals surface area contributed by atoms with Gasteiger partial charge in [-0.3, -0.25) is 4.79 Å². The molecule has 8 heteroatoms. The second-order valence-corrected chi connectivity index (χ2v) is 8.11. The summed E-state index contributed by atoms with van der Waals surface area (Å²) < 4.78 is 27.8. The summed E-state index contributed by atoms with van der Waals surface area (Å²) in [4.78, 5) is 13.4. The molecule has 1 atom stereocenters. The molecule has 136 valence electrons. The van der Waals surface area contributed by atoms with Gasteiger partial charge in [-0.2, -0.15) is 0 Å². The second-order valence-electron chi connectivity index (χ2n) is 6.39. The Hall–Kier alpha value is -1.15. The predicted molar refractivity (Wildman–Crippen MR) is 98.0 cm³/mol. The van der Waals surface area contributed by atoms with Gasteiger partial charge < -0.3 is 10.6 Å². The quantitative estimate of drug-likeness (QED) is 0.790. The number of benzene rings is 1. The number of nitrogens with one attached hydrogen (secondary N) is 1. The molecule has 24 heavy (non-hydrogen) atoms. The highest BCUT2D eigenvalue weighted by Crippen LogP contribution is 2.30. The first-order valence-electron chi connectivity index (χ1n) is 7.88. The van der Waals surface area contributed by atoms with E-state index in [-0.39, 0.29) is 35.8 Å². The van der Waals surface area contributed by atoms with Gasteiger partial charge in [0.2, 0.25) is 15.9 Å². The van der Waals surface area contributed by atoms with Gasteiger partial charge >= 0.3 is 0 Å². The molecule has 1 unspecified atom stereocenters. The monoisotopic (exact) mass is 375 g/mol. The number of sulfonamides is 1. The molecule has 3 N–H and O–H groups in total. The summed E-state index contributed by atoms with van der Waals surface area (Å²) in [5.74, 6) is 0.269. The fraction of sp³-hybridized carbons (Fsp3) is 0.562. The van der Waals surface area contributed by atoms with Crippen molar-refractivity contribution in [1.82, 2.24) is 4.72 Å². The second kappa shape index (κ2) is 8.29. The smallest absolute Gasteiger partial charge is 0.240 e. The van der Waals surface area contributed by atoms with Crippen molar-refractivity contribution in [2.45, 2.75) is 44.6 Å². The zero-order valence-electron chi connectivity index (χ0n) is 14.3. The van der Waals surface area contributed by atoms with Gasteiger partial charge in [0.15, 0.2) is 0 Å². The Labute approximate surface area is 150 Å². The Morgan fingerprint density at radius 3 is 2.58 bits per heavy atom. The first kappa shape index (κ1) is 20.9. The van der Waals surface area contributed by atoms with Crippen molar-refractivity contribution in [3.8, 4) is 0 Å². The van der Waals surface area contributed by atoms with Crippen LogP contribution < -0.4 is 15.4 Å². The van der Waals surface area contributed by atoms with Crippen LogP contribution in [-0.2, 0) is 21.2 Å². The number of nitrogens with zero attached hydrogens (tertiary/aromatic N) is 1. The van der Waals surface area contributed by atoms with Gasteiger partial charge in [0.1, 0.15) is 0 Å². The Kier molecular flexibility index (Phi) is 7.22. The van der Waals surface area contributed by atoms with Crippen molar-refractivity contribution in [3.63, 3.8) is 0 Å². The molecule has 0 spiro atoms. The predicted octanol–water partition coefficient (Wildman–Crippen LogP) is 1.67. The number of amides is 1. The molecule has 0 fully saturated rings. The lowest BCUT2D eigenvalue weighted by Crippen LogP contribution is -2.41. The van der Waals surface area contributed by atoms with Crippen LogP contribution in [0.4, 0.5) is 5.69 Å².